The molecular weight excluding hydrogens is 158 g/mol. The molecule has 0 saturated carbocycles. The minimum absolute atomic E-state index is 0.250. The molecule has 0 unspecified atom stereocenters. The molecule has 0 radical (unpaired) electrons. The number of hydrogen-bond acceptors (Lipinski definition) is 3. The van der Waals surface area contributed by atoms with Gasteiger partial charge < -0.3 is 5.11 Å². The average molecular weight is 169 g/mol. The van der Waals surface area contributed by atoms with Crippen LogP contribution in [0.15, 0.2) is 0 Å². The van der Waals surface area contributed by atoms with Crippen LogP contribution in [-0.2, 0) is 14.8 Å². The Hall–Kier alpha value is -0.620. The van der Waals surface area contributed by atoms with E-state index >= 15 is 0 Å². The number of nitrogens with zero attached hydrogens (tertiary/aromatic N) is 1. The van der Waals surface area contributed by atoms with Crippen molar-refractivity contribution in [2.75, 3.05) is 20.4 Å². The molecule has 0 rings (SSSR count). The predicted octanol–water partition coefficient (Wildman–Crippen LogP) is -0.792. The van der Waals surface area contributed by atoms with E-state index in [1.807, 2.05) is 0 Å². The molecule has 0 aromatic rings. The zero-order valence-corrected chi connectivity index (χ0v) is 6.92. The van der Waals surface area contributed by atoms with Crippen molar-refractivity contribution < 1.29 is 18.3 Å². The van der Waals surface area contributed by atoms with Crippen LogP contribution in [0.3, 0.4) is 0 Å². The van der Waals surface area contributed by atoms with Crippen molar-refractivity contribution in [3.63, 3.8) is 0 Å². The van der Waals surface area contributed by atoms with E-state index in [1.54, 1.807) is 0 Å². The van der Waals surface area contributed by atoms with E-state index in [4.69, 9.17) is 9.90 Å². The van der Waals surface area contributed by atoms with Gasteiger partial charge in [0.2, 0.25) is 10.0 Å². The maximum absolute atomic E-state index is 10.3. The molecule has 0 aliphatic heterocycles. The summed E-state index contributed by atoms with van der Waals surface area (Å²) < 4.78 is 21.7. The summed E-state index contributed by atoms with van der Waals surface area (Å²) in [4.78, 5) is 8.36. The molecule has 0 amide bonds. The predicted molar refractivity (Wildman–Crippen MR) is 37.2 cm³/mol. The second-order valence-corrected chi connectivity index (χ2v) is 3.85. The van der Waals surface area contributed by atoms with Gasteiger partial charge in [0, 0.05) is 14.1 Å². The third-order valence-electron chi connectivity index (χ3n) is 0.663. The Labute approximate surface area is 60.3 Å². The van der Waals surface area contributed by atoms with E-state index in [0.717, 1.165) is 10.6 Å². The average Bonchev–Trinajstić information content (AvgIpc) is 1.64. The van der Waals surface area contributed by atoms with Crippen LogP contribution >= 0.6 is 0 Å². The number of rotatable bonds is 1. The SMILES string of the molecule is CN(C)S(C)(=O)=O.O=CO. The third-order valence-corrected chi connectivity index (χ3v) is 1.99. The van der Waals surface area contributed by atoms with E-state index in [2.05, 4.69) is 0 Å². The Bertz CT molecular complexity index is 172. The van der Waals surface area contributed by atoms with Crippen molar-refractivity contribution >= 4 is 16.5 Å². The number of carbonyl (C=O) groups is 1. The van der Waals surface area contributed by atoms with Gasteiger partial charge in [-0.15, -0.1) is 0 Å². The van der Waals surface area contributed by atoms with Crippen LogP contribution in [0.4, 0.5) is 0 Å². The van der Waals surface area contributed by atoms with E-state index in [1.165, 1.54) is 14.1 Å². The van der Waals surface area contributed by atoms with Crippen LogP contribution < -0.4 is 0 Å². The topological polar surface area (TPSA) is 74.7 Å². The summed E-state index contributed by atoms with van der Waals surface area (Å²) >= 11 is 0. The second kappa shape index (κ2) is 5.19. The van der Waals surface area contributed by atoms with Gasteiger partial charge in [-0.3, -0.25) is 4.79 Å². The molecule has 0 heterocycles. The van der Waals surface area contributed by atoms with Crippen molar-refractivity contribution in [2.24, 2.45) is 0 Å². The molecule has 0 fully saturated rings. The molecule has 0 aliphatic rings. The zero-order valence-electron chi connectivity index (χ0n) is 6.10. The van der Waals surface area contributed by atoms with E-state index in [0.29, 0.717) is 0 Å². The van der Waals surface area contributed by atoms with Crippen molar-refractivity contribution in [3.8, 4) is 0 Å². The lowest BCUT2D eigenvalue weighted by Gasteiger charge is -2.02. The van der Waals surface area contributed by atoms with Gasteiger partial charge in [0.15, 0.2) is 0 Å². The molecule has 0 atom stereocenters. The lowest BCUT2D eigenvalue weighted by Crippen LogP contribution is -2.19. The lowest BCUT2D eigenvalue weighted by atomic mass is 11.3. The van der Waals surface area contributed by atoms with Gasteiger partial charge in [0.1, 0.15) is 0 Å². The lowest BCUT2D eigenvalue weighted by molar-refractivity contribution is -0.122. The van der Waals surface area contributed by atoms with Crippen LogP contribution in [-0.4, -0.2) is 44.7 Å². The first-order chi connectivity index (χ1) is 4.36. The quantitative estimate of drug-likeness (QED) is 0.522. The first kappa shape index (κ1) is 12.1. The van der Waals surface area contributed by atoms with E-state index in [9.17, 15) is 8.42 Å². The van der Waals surface area contributed by atoms with Gasteiger partial charge in [-0.25, -0.2) is 12.7 Å². The molecule has 1 N–H and O–H groups in total. The van der Waals surface area contributed by atoms with Crippen molar-refractivity contribution in [1.82, 2.24) is 4.31 Å². The molecule has 0 spiro atoms. The van der Waals surface area contributed by atoms with Crippen molar-refractivity contribution in [1.29, 1.82) is 0 Å². The van der Waals surface area contributed by atoms with Gasteiger partial charge >= 0.3 is 0 Å². The van der Waals surface area contributed by atoms with Crippen molar-refractivity contribution in [3.05, 3.63) is 0 Å². The highest BCUT2D eigenvalue weighted by Crippen LogP contribution is 1.82. The molecule has 0 aliphatic carbocycles. The summed E-state index contributed by atoms with van der Waals surface area (Å²) in [5.41, 5.74) is 0. The van der Waals surface area contributed by atoms with Crippen molar-refractivity contribution in [2.45, 2.75) is 0 Å². The molecule has 0 aromatic heterocycles. The smallest absolute Gasteiger partial charge is 0.290 e. The van der Waals surface area contributed by atoms with Gasteiger partial charge in [-0.1, -0.05) is 0 Å². The maximum Gasteiger partial charge on any atom is 0.290 e. The van der Waals surface area contributed by atoms with E-state index < -0.39 is 10.0 Å². The number of carboxylic acid groups (broad SMARTS) is 1. The fraction of sp³-hybridized carbons (Fsp3) is 0.750. The van der Waals surface area contributed by atoms with E-state index in [-0.39, 0.29) is 6.47 Å². The molecule has 5 nitrogen and oxygen atoms in total. The van der Waals surface area contributed by atoms with Gasteiger partial charge in [-0.2, -0.15) is 0 Å². The second-order valence-electron chi connectivity index (χ2n) is 1.65. The fourth-order valence-electron chi connectivity index (χ4n) is 0. The minimum atomic E-state index is -2.91. The highest BCUT2D eigenvalue weighted by atomic mass is 32.2. The molecule has 0 aromatic carbocycles. The molecule has 0 bridgehead atoms. The summed E-state index contributed by atoms with van der Waals surface area (Å²) in [6, 6.07) is 0. The molecule has 0 saturated heterocycles. The fourth-order valence-corrected chi connectivity index (χ4v) is 0. The Morgan fingerprint density at radius 2 is 1.50 bits per heavy atom. The Morgan fingerprint density at radius 3 is 1.50 bits per heavy atom. The van der Waals surface area contributed by atoms with Gasteiger partial charge in [0.25, 0.3) is 6.47 Å². The largest absolute Gasteiger partial charge is 0.483 e. The Kier molecular flexibility index (Phi) is 6.27. The molecule has 6 heteroatoms. The minimum Gasteiger partial charge on any atom is -0.483 e. The molecule has 62 valence electrons. The third kappa shape index (κ3) is 10.4. The van der Waals surface area contributed by atoms with Crippen LogP contribution in [0.2, 0.25) is 0 Å². The Balaban J connectivity index is 0. The van der Waals surface area contributed by atoms with Crippen LogP contribution in [0.1, 0.15) is 0 Å². The van der Waals surface area contributed by atoms with Crippen LogP contribution in [0.25, 0.3) is 0 Å². The molecular formula is C4H11NO4S. The zero-order chi connectivity index (χ0) is 8.78. The summed E-state index contributed by atoms with van der Waals surface area (Å²) in [5, 5.41) is 6.89. The first-order valence-electron chi connectivity index (χ1n) is 2.31. The summed E-state index contributed by atoms with van der Waals surface area (Å²) in [6.45, 7) is -0.250. The summed E-state index contributed by atoms with van der Waals surface area (Å²) in [6.07, 6.45) is 1.16. The van der Waals surface area contributed by atoms with Gasteiger partial charge in [0.05, 0.1) is 6.26 Å². The van der Waals surface area contributed by atoms with Crippen LogP contribution in [0, 0.1) is 0 Å². The normalized spacial score (nSPS) is 10.0. The van der Waals surface area contributed by atoms with Gasteiger partial charge in [-0.05, 0) is 0 Å². The molecule has 10 heavy (non-hydrogen) atoms. The monoisotopic (exact) mass is 169 g/mol. The Morgan fingerprint density at radius 1 is 1.40 bits per heavy atom. The number of sulfonamides is 1. The maximum atomic E-state index is 10.3. The number of hydrogen-bond donors (Lipinski definition) is 1. The summed E-state index contributed by atoms with van der Waals surface area (Å²) in [7, 11) is 0.0833. The highest BCUT2D eigenvalue weighted by Gasteiger charge is 2.00. The summed E-state index contributed by atoms with van der Waals surface area (Å²) in [5.74, 6) is 0. The highest BCUT2D eigenvalue weighted by molar-refractivity contribution is 7.88. The van der Waals surface area contributed by atoms with Crippen LogP contribution in [0.5, 0.6) is 0 Å². The first-order valence-corrected chi connectivity index (χ1v) is 4.16. The standard InChI is InChI=1S/C3H9NO2S.CH2O2/c1-4(2)7(3,5)6;2-1-3/h1-3H3;1H,(H,2,3).